The van der Waals surface area contributed by atoms with E-state index in [4.69, 9.17) is 14.2 Å². The van der Waals surface area contributed by atoms with Crippen LogP contribution in [0.1, 0.15) is 17.3 Å². The van der Waals surface area contributed by atoms with Gasteiger partial charge in [0.1, 0.15) is 6.04 Å². The van der Waals surface area contributed by atoms with Crippen LogP contribution in [0.2, 0.25) is 0 Å². The van der Waals surface area contributed by atoms with E-state index in [2.05, 4.69) is 14.9 Å². The van der Waals surface area contributed by atoms with Crippen LogP contribution in [0.3, 0.4) is 0 Å². The predicted octanol–water partition coefficient (Wildman–Crippen LogP) is 3.55. The SMILES string of the molecule is COc1cc(NC(=O)N2CCn3cccc3[C@H]2c2cccnc2)cc(OC)c1OC. The Labute approximate surface area is 175 Å². The van der Waals surface area contributed by atoms with Crippen LogP contribution in [0.4, 0.5) is 10.5 Å². The zero-order valence-electron chi connectivity index (χ0n) is 17.2. The third-order valence-corrected chi connectivity index (χ3v) is 5.22. The van der Waals surface area contributed by atoms with Crippen LogP contribution < -0.4 is 19.5 Å². The van der Waals surface area contributed by atoms with Crippen molar-refractivity contribution in [3.05, 3.63) is 66.2 Å². The largest absolute Gasteiger partial charge is 0.493 e. The van der Waals surface area contributed by atoms with E-state index in [-0.39, 0.29) is 12.1 Å². The summed E-state index contributed by atoms with van der Waals surface area (Å²) >= 11 is 0. The molecule has 0 bridgehead atoms. The van der Waals surface area contributed by atoms with E-state index in [1.165, 1.54) is 0 Å². The highest BCUT2D eigenvalue weighted by Crippen LogP contribution is 2.40. The van der Waals surface area contributed by atoms with Gasteiger partial charge in [0.25, 0.3) is 0 Å². The Bertz CT molecular complexity index is 1010. The third-order valence-electron chi connectivity index (χ3n) is 5.22. The molecular formula is C22H24N4O4. The van der Waals surface area contributed by atoms with Crippen molar-refractivity contribution in [2.24, 2.45) is 0 Å². The van der Waals surface area contributed by atoms with Crippen molar-refractivity contribution in [3.8, 4) is 17.2 Å². The molecule has 8 nitrogen and oxygen atoms in total. The zero-order chi connectivity index (χ0) is 21.1. The summed E-state index contributed by atoms with van der Waals surface area (Å²) in [6, 6.07) is 10.9. The van der Waals surface area contributed by atoms with E-state index >= 15 is 0 Å². The summed E-state index contributed by atoms with van der Waals surface area (Å²) in [5.41, 5.74) is 2.56. The molecule has 2 amide bonds. The number of rotatable bonds is 5. The minimum atomic E-state index is -0.232. The van der Waals surface area contributed by atoms with Crippen LogP contribution in [0.25, 0.3) is 0 Å². The summed E-state index contributed by atoms with van der Waals surface area (Å²) in [6.45, 7) is 1.29. The molecule has 0 aliphatic carbocycles. The van der Waals surface area contributed by atoms with Gasteiger partial charge in [0.05, 0.1) is 27.0 Å². The molecule has 8 heteroatoms. The maximum atomic E-state index is 13.3. The lowest BCUT2D eigenvalue weighted by molar-refractivity contribution is 0.181. The molecule has 0 radical (unpaired) electrons. The lowest BCUT2D eigenvalue weighted by Crippen LogP contribution is -2.44. The highest BCUT2D eigenvalue weighted by atomic mass is 16.5. The van der Waals surface area contributed by atoms with Crippen molar-refractivity contribution >= 4 is 11.7 Å². The fourth-order valence-electron chi connectivity index (χ4n) is 3.84. The molecule has 3 aromatic rings. The number of ether oxygens (including phenoxy) is 3. The molecule has 0 saturated carbocycles. The molecule has 0 unspecified atom stereocenters. The van der Waals surface area contributed by atoms with Gasteiger partial charge in [-0.05, 0) is 23.8 Å². The zero-order valence-corrected chi connectivity index (χ0v) is 17.2. The molecule has 156 valence electrons. The number of pyridine rings is 1. The lowest BCUT2D eigenvalue weighted by atomic mass is 10.0. The minimum absolute atomic E-state index is 0.217. The third kappa shape index (κ3) is 3.52. The molecule has 0 spiro atoms. The van der Waals surface area contributed by atoms with Crippen molar-refractivity contribution in [2.75, 3.05) is 33.2 Å². The number of carbonyl (C=O) groups excluding carboxylic acids is 1. The maximum Gasteiger partial charge on any atom is 0.322 e. The van der Waals surface area contributed by atoms with Crippen molar-refractivity contribution in [2.45, 2.75) is 12.6 Å². The monoisotopic (exact) mass is 408 g/mol. The molecule has 1 N–H and O–H groups in total. The van der Waals surface area contributed by atoms with Gasteiger partial charge in [-0.1, -0.05) is 6.07 Å². The van der Waals surface area contributed by atoms with Gasteiger partial charge in [0.15, 0.2) is 11.5 Å². The van der Waals surface area contributed by atoms with Gasteiger partial charge in [0.2, 0.25) is 5.75 Å². The van der Waals surface area contributed by atoms with Crippen LogP contribution in [-0.4, -0.2) is 48.4 Å². The lowest BCUT2D eigenvalue weighted by Gasteiger charge is -2.37. The fraction of sp³-hybridized carbons (Fsp3) is 0.273. The van der Waals surface area contributed by atoms with Gasteiger partial charge in [-0.15, -0.1) is 0 Å². The number of fused-ring (bicyclic) bond motifs is 1. The standard InChI is InChI=1S/C22H24N4O4/c1-28-18-12-16(13-19(29-2)21(18)30-3)24-22(27)26-11-10-25-9-5-7-17(25)20(26)15-6-4-8-23-14-15/h4-9,12-14,20H,10-11H2,1-3H3,(H,24,27)/t20-/m1/s1. The maximum absolute atomic E-state index is 13.3. The first-order chi connectivity index (χ1) is 14.7. The number of nitrogens with zero attached hydrogens (tertiary/aromatic N) is 3. The first kappa shape index (κ1) is 19.6. The summed E-state index contributed by atoms with van der Waals surface area (Å²) in [7, 11) is 4.63. The van der Waals surface area contributed by atoms with Gasteiger partial charge in [-0.3, -0.25) is 4.98 Å². The Morgan fingerprint density at radius 3 is 2.47 bits per heavy atom. The van der Waals surface area contributed by atoms with Crippen molar-refractivity contribution in [3.63, 3.8) is 0 Å². The first-order valence-corrected chi connectivity index (χ1v) is 9.59. The molecule has 2 aromatic heterocycles. The second kappa shape index (κ2) is 8.36. The molecule has 4 rings (SSSR count). The van der Waals surface area contributed by atoms with Crippen LogP contribution in [-0.2, 0) is 6.54 Å². The predicted molar refractivity (Wildman–Crippen MR) is 112 cm³/mol. The Morgan fingerprint density at radius 2 is 1.83 bits per heavy atom. The fourth-order valence-corrected chi connectivity index (χ4v) is 3.84. The molecule has 1 aliphatic heterocycles. The van der Waals surface area contributed by atoms with Crippen LogP contribution in [0, 0.1) is 0 Å². The van der Waals surface area contributed by atoms with E-state index in [0.717, 1.165) is 17.8 Å². The number of urea groups is 1. The van der Waals surface area contributed by atoms with E-state index in [0.29, 0.717) is 29.5 Å². The highest BCUT2D eigenvalue weighted by molar-refractivity contribution is 5.91. The average Bonchev–Trinajstić information content (AvgIpc) is 3.27. The van der Waals surface area contributed by atoms with E-state index in [1.807, 2.05) is 35.4 Å². The minimum Gasteiger partial charge on any atom is -0.493 e. The van der Waals surface area contributed by atoms with Crippen LogP contribution in [0.5, 0.6) is 17.2 Å². The molecule has 1 atom stereocenters. The second-order valence-electron chi connectivity index (χ2n) is 6.85. The number of nitrogens with one attached hydrogen (secondary N) is 1. The van der Waals surface area contributed by atoms with Crippen molar-refractivity contribution in [1.29, 1.82) is 0 Å². The molecule has 1 aromatic carbocycles. The van der Waals surface area contributed by atoms with Crippen LogP contribution >= 0.6 is 0 Å². The Balaban J connectivity index is 1.66. The van der Waals surface area contributed by atoms with Gasteiger partial charge >= 0.3 is 6.03 Å². The number of carbonyl (C=O) groups is 1. The van der Waals surface area contributed by atoms with Crippen LogP contribution in [0.15, 0.2) is 55.0 Å². The number of methoxy groups -OCH3 is 3. The van der Waals surface area contributed by atoms with E-state index in [1.54, 1.807) is 45.9 Å². The molecule has 30 heavy (non-hydrogen) atoms. The topological polar surface area (TPSA) is 77.9 Å². The Kier molecular flexibility index (Phi) is 5.47. The number of amides is 2. The number of anilines is 1. The highest BCUT2D eigenvalue weighted by Gasteiger charge is 2.32. The summed E-state index contributed by atoms with van der Waals surface area (Å²) in [6.07, 6.45) is 5.56. The molecule has 0 fully saturated rings. The summed E-state index contributed by atoms with van der Waals surface area (Å²) < 4.78 is 18.3. The first-order valence-electron chi connectivity index (χ1n) is 9.59. The smallest absolute Gasteiger partial charge is 0.322 e. The van der Waals surface area contributed by atoms with Gasteiger partial charge < -0.3 is 29.0 Å². The summed E-state index contributed by atoms with van der Waals surface area (Å²) in [4.78, 5) is 19.4. The number of hydrogen-bond acceptors (Lipinski definition) is 5. The molecular weight excluding hydrogens is 384 g/mol. The Hall–Kier alpha value is -3.68. The normalized spacial score (nSPS) is 15.3. The van der Waals surface area contributed by atoms with Gasteiger partial charge in [-0.25, -0.2) is 4.79 Å². The van der Waals surface area contributed by atoms with E-state index < -0.39 is 0 Å². The quantitative estimate of drug-likeness (QED) is 0.699. The molecule has 1 aliphatic rings. The second-order valence-corrected chi connectivity index (χ2v) is 6.85. The molecule has 3 heterocycles. The number of hydrogen-bond donors (Lipinski definition) is 1. The Morgan fingerprint density at radius 1 is 1.07 bits per heavy atom. The number of benzene rings is 1. The van der Waals surface area contributed by atoms with Crippen molar-refractivity contribution < 1.29 is 19.0 Å². The van der Waals surface area contributed by atoms with Gasteiger partial charge in [0, 0.05) is 49.5 Å². The van der Waals surface area contributed by atoms with Crippen molar-refractivity contribution in [1.82, 2.24) is 14.5 Å². The summed E-state index contributed by atoms with van der Waals surface area (Å²) in [5.74, 6) is 1.42. The number of aromatic nitrogens is 2. The summed E-state index contributed by atoms with van der Waals surface area (Å²) in [5, 5.41) is 2.98. The molecule has 0 saturated heterocycles. The average molecular weight is 408 g/mol. The van der Waals surface area contributed by atoms with E-state index in [9.17, 15) is 4.79 Å². The van der Waals surface area contributed by atoms with Gasteiger partial charge in [-0.2, -0.15) is 0 Å².